The Morgan fingerprint density at radius 3 is 2.12 bits per heavy atom. The number of amidine groups is 1. The number of aliphatic imine (C=N–C) groups is 1. The van der Waals surface area contributed by atoms with Gasteiger partial charge in [-0.3, -0.25) is 5.32 Å². The van der Waals surface area contributed by atoms with Crippen LogP contribution >= 0.6 is 0 Å². The van der Waals surface area contributed by atoms with E-state index in [-0.39, 0.29) is 6.02 Å². The summed E-state index contributed by atoms with van der Waals surface area (Å²) in [5, 5.41) is 4.65. The lowest BCUT2D eigenvalue weighted by atomic mass is 10.3. The SMILES string of the molecule is CN(C)/C(=N\C(=O)NC(=O)Nc1ccccc1)Oc1ccccc1. The number of hydrogen-bond donors (Lipinski definition) is 2. The number of urea groups is 2. The summed E-state index contributed by atoms with van der Waals surface area (Å²) in [6.45, 7) is 0. The van der Waals surface area contributed by atoms with Crippen LogP contribution in [0.3, 0.4) is 0 Å². The number of amides is 4. The molecular weight excluding hydrogens is 308 g/mol. The lowest BCUT2D eigenvalue weighted by Crippen LogP contribution is -2.35. The van der Waals surface area contributed by atoms with Crippen molar-refractivity contribution in [1.29, 1.82) is 0 Å². The molecule has 7 heteroatoms. The van der Waals surface area contributed by atoms with Gasteiger partial charge < -0.3 is 15.0 Å². The van der Waals surface area contributed by atoms with Crippen molar-refractivity contribution in [3.05, 3.63) is 60.7 Å². The normalized spacial score (nSPS) is 10.7. The van der Waals surface area contributed by atoms with Crippen LogP contribution in [0.4, 0.5) is 15.3 Å². The maximum absolute atomic E-state index is 11.9. The number of anilines is 1. The molecule has 2 aromatic rings. The van der Waals surface area contributed by atoms with Crippen molar-refractivity contribution in [1.82, 2.24) is 10.2 Å². The third-order valence-corrected chi connectivity index (χ3v) is 2.78. The van der Waals surface area contributed by atoms with Gasteiger partial charge in [0.05, 0.1) is 0 Å². The Morgan fingerprint density at radius 1 is 0.958 bits per heavy atom. The predicted molar refractivity (Wildman–Crippen MR) is 92.2 cm³/mol. The van der Waals surface area contributed by atoms with Gasteiger partial charge in [-0.2, -0.15) is 0 Å². The van der Waals surface area contributed by atoms with Crippen molar-refractivity contribution in [2.75, 3.05) is 19.4 Å². The highest BCUT2D eigenvalue weighted by Crippen LogP contribution is 2.09. The van der Waals surface area contributed by atoms with Gasteiger partial charge in [-0.15, -0.1) is 4.99 Å². The van der Waals surface area contributed by atoms with Crippen LogP contribution in [0.25, 0.3) is 0 Å². The quantitative estimate of drug-likeness (QED) is 0.656. The second kappa shape index (κ2) is 8.33. The maximum atomic E-state index is 11.9. The molecular formula is C17H18N4O3. The predicted octanol–water partition coefficient (Wildman–Crippen LogP) is 2.92. The van der Waals surface area contributed by atoms with E-state index in [2.05, 4.69) is 15.6 Å². The highest BCUT2D eigenvalue weighted by atomic mass is 16.5. The van der Waals surface area contributed by atoms with Crippen LogP contribution in [0.2, 0.25) is 0 Å². The lowest BCUT2D eigenvalue weighted by molar-refractivity contribution is 0.238. The minimum Gasteiger partial charge on any atom is -0.426 e. The van der Waals surface area contributed by atoms with E-state index in [9.17, 15) is 9.59 Å². The number of para-hydroxylation sites is 2. The van der Waals surface area contributed by atoms with Crippen molar-refractivity contribution in [3.63, 3.8) is 0 Å². The van der Waals surface area contributed by atoms with Gasteiger partial charge in [0.2, 0.25) is 0 Å². The number of rotatable bonds is 2. The number of benzene rings is 2. The first-order valence-corrected chi connectivity index (χ1v) is 7.20. The van der Waals surface area contributed by atoms with Gasteiger partial charge in [0.25, 0.3) is 0 Å². The Morgan fingerprint density at radius 2 is 1.54 bits per heavy atom. The van der Waals surface area contributed by atoms with E-state index in [1.807, 2.05) is 12.1 Å². The lowest BCUT2D eigenvalue weighted by Gasteiger charge is -2.15. The summed E-state index contributed by atoms with van der Waals surface area (Å²) in [4.78, 5) is 28.9. The third kappa shape index (κ3) is 5.45. The van der Waals surface area contributed by atoms with Crippen molar-refractivity contribution in [2.24, 2.45) is 4.99 Å². The number of carbonyl (C=O) groups is 2. The van der Waals surface area contributed by atoms with Gasteiger partial charge in [-0.25, -0.2) is 9.59 Å². The van der Waals surface area contributed by atoms with E-state index in [1.54, 1.807) is 62.6 Å². The van der Waals surface area contributed by atoms with Crippen molar-refractivity contribution in [2.45, 2.75) is 0 Å². The molecule has 0 unspecified atom stereocenters. The molecule has 0 heterocycles. The topological polar surface area (TPSA) is 83.0 Å². The highest BCUT2D eigenvalue weighted by molar-refractivity contribution is 6.03. The molecule has 0 fully saturated rings. The van der Waals surface area contributed by atoms with E-state index >= 15 is 0 Å². The smallest absolute Gasteiger partial charge is 0.353 e. The average molecular weight is 326 g/mol. The Labute approximate surface area is 140 Å². The maximum Gasteiger partial charge on any atom is 0.353 e. The number of nitrogens with one attached hydrogen (secondary N) is 2. The molecule has 7 nitrogen and oxygen atoms in total. The van der Waals surface area contributed by atoms with Crippen LogP contribution in [0.15, 0.2) is 65.7 Å². The Hall–Kier alpha value is -3.35. The molecule has 0 bridgehead atoms. The van der Waals surface area contributed by atoms with E-state index in [0.717, 1.165) is 0 Å². The Bertz CT molecular complexity index is 715. The number of nitrogens with zero attached hydrogens (tertiary/aromatic N) is 2. The third-order valence-electron chi connectivity index (χ3n) is 2.78. The van der Waals surface area contributed by atoms with Gasteiger partial charge >= 0.3 is 18.1 Å². The van der Waals surface area contributed by atoms with E-state index in [0.29, 0.717) is 11.4 Å². The molecule has 4 amide bonds. The first-order chi connectivity index (χ1) is 11.5. The monoisotopic (exact) mass is 326 g/mol. The van der Waals surface area contributed by atoms with Crippen LogP contribution < -0.4 is 15.4 Å². The summed E-state index contributed by atoms with van der Waals surface area (Å²) in [5.41, 5.74) is 0.570. The van der Waals surface area contributed by atoms with Gasteiger partial charge in [0.1, 0.15) is 5.75 Å². The zero-order valence-electron chi connectivity index (χ0n) is 13.4. The fourth-order valence-electron chi connectivity index (χ4n) is 1.70. The second-order valence-electron chi connectivity index (χ2n) is 4.95. The fraction of sp³-hybridized carbons (Fsp3) is 0.118. The van der Waals surface area contributed by atoms with Crippen LogP contribution in [0.5, 0.6) is 5.75 Å². The van der Waals surface area contributed by atoms with E-state index in [1.165, 1.54) is 4.90 Å². The molecule has 0 aliphatic carbocycles. The summed E-state index contributed by atoms with van der Waals surface area (Å²) in [5.74, 6) is 0.534. The summed E-state index contributed by atoms with van der Waals surface area (Å²) in [7, 11) is 3.36. The molecule has 24 heavy (non-hydrogen) atoms. The first-order valence-electron chi connectivity index (χ1n) is 7.20. The minimum absolute atomic E-state index is 0.0613. The van der Waals surface area contributed by atoms with Crippen molar-refractivity contribution in [3.8, 4) is 5.75 Å². The molecule has 0 aromatic heterocycles. The highest BCUT2D eigenvalue weighted by Gasteiger charge is 2.12. The zero-order chi connectivity index (χ0) is 17.4. The summed E-state index contributed by atoms with van der Waals surface area (Å²) in [6.07, 6.45) is 0. The molecule has 124 valence electrons. The Kier molecular flexibility index (Phi) is 5.90. The minimum atomic E-state index is -0.830. The van der Waals surface area contributed by atoms with Crippen LogP contribution in [-0.4, -0.2) is 37.1 Å². The second-order valence-corrected chi connectivity index (χ2v) is 4.95. The van der Waals surface area contributed by atoms with Crippen LogP contribution in [0.1, 0.15) is 0 Å². The average Bonchev–Trinajstić information content (AvgIpc) is 2.55. The van der Waals surface area contributed by atoms with Crippen molar-refractivity contribution >= 4 is 23.8 Å². The summed E-state index contributed by atoms with van der Waals surface area (Å²) in [6, 6.07) is 16.3. The van der Waals surface area contributed by atoms with Crippen LogP contribution in [-0.2, 0) is 0 Å². The molecule has 2 N–H and O–H groups in total. The van der Waals surface area contributed by atoms with Gasteiger partial charge in [0.15, 0.2) is 0 Å². The molecule has 0 aliphatic heterocycles. The summed E-state index contributed by atoms with van der Waals surface area (Å²) >= 11 is 0. The van der Waals surface area contributed by atoms with Crippen LogP contribution in [0, 0.1) is 0 Å². The molecule has 0 atom stereocenters. The molecule has 0 aliphatic rings. The molecule has 0 spiro atoms. The molecule has 0 saturated carbocycles. The standard InChI is InChI=1S/C17H18N4O3/c1-21(2)17(24-14-11-7-4-8-12-14)20-16(23)19-15(22)18-13-9-5-3-6-10-13/h3-12H,1-2H3,(H2,18,19,22,23)/b20-17+. The van der Waals surface area contributed by atoms with E-state index < -0.39 is 12.1 Å². The number of carbonyl (C=O) groups excluding carboxylic acids is 2. The van der Waals surface area contributed by atoms with E-state index in [4.69, 9.17) is 4.74 Å². The summed E-state index contributed by atoms with van der Waals surface area (Å²) < 4.78 is 5.53. The zero-order valence-corrected chi connectivity index (χ0v) is 13.4. The molecule has 0 radical (unpaired) electrons. The number of hydrogen-bond acceptors (Lipinski definition) is 3. The fourth-order valence-corrected chi connectivity index (χ4v) is 1.70. The van der Waals surface area contributed by atoms with Gasteiger partial charge in [-0.1, -0.05) is 36.4 Å². The molecule has 2 rings (SSSR count). The van der Waals surface area contributed by atoms with Crippen molar-refractivity contribution < 1.29 is 14.3 Å². The number of imide groups is 1. The number of ether oxygens (including phenoxy) is 1. The van der Waals surface area contributed by atoms with Gasteiger partial charge in [0, 0.05) is 19.8 Å². The Balaban J connectivity index is 1.98. The molecule has 2 aromatic carbocycles. The van der Waals surface area contributed by atoms with Gasteiger partial charge in [-0.05, 0) is 24.3 Å². The first kappa shape index (κ1) is 17.0. The molecule has 0 saturated heterocycles. The largest absolute Gasteiger partial charge is 0.426 e.